The number of aldehydes is 1. The van der Waals surface area contributed by atoms with E-state index in [4.69, 9.17) is 5.11 Å². The molecule has 62 valence electrons. The van der Waals surface area contributed by atoms with Crippen molar-refractivity contribution >= 4 is 12.3 Å². The zero-order chi connectivity index (χ0) is 8.69. The van der Waals surface area contributed by atoms with Gasteiger partial charge in [-0.3, -0.25) is 4.79 Å². The van der Waals surface area contributed by atoms with Crippen LogP contribution in [0.4, 0.5) is 0 Å². The van der Waals surface area contributed by atoms with E-state index in [-0.39, 0.29) is 13.0 Å². The Morgan fingerprint density at radius 3 is 2.73 bits per heavy atom. The smallest absolute Gasteiger partial charge is 0.316 e. The Labute approximate surface area is 64.5 Å². The van der Waals surface area contributed by atoms with Gasteiger partial charge in [0.05, 0.1) is 18.8 Å². The van der Waals surface area contributed by atoms with Gasteiger partial charge in [0.1, 0.15) is 6.29 Å². The first-order valence-corrected chi connectivity index (χ1v) is 3.12. The van der Waals surface area contributed by atoms with E-state index < -0.39 is 11.9 Å². The van der Waals surface area contributed by atoms with Crippen LogP contribution < -0.4 is 0 Å². The first kappa shape index (κ1) is 9.84. The molecule has 0 aromatic heterocycles. The fraction of sp³-hybridized carbons (Fsp3) is 0.429. The molecule has 0 amide bonds. The first-order chi connectivity index (χ1) is 5.26. The highest BCUT2D eigenvalue weighted by Crippen LogP contribution is 2.02. The van der Waals surface area contributed by atoms with Crippen molar-refractivity contribution < 1.29 is 19.4 Å². The summed E-state index contributed by atoms with van der Waals surface area (Å²) in [5.41, 5.74) is 0. The molecule has 11 heavy (non-hydrogen) atoms. The molecule has 1 atom stereocenters. The number of ether oxygens (including phenoxy) is 1. The lowest BCUT2D eigenvalue weighted by Crippen LogP contribution is -2.19. The van der Waals surface area contributed by atoms with Gasteiger partial charge in [0, 0.05) is 6.42 Å². The van der Waals surface area contributed by atoms with E-state index >= 15 is 0 Å². The van der Waals surface area contributed by atoms with Gasteiger partial charge in [-0.15, -0.1) is 0 Å². The highest BCUT2D eigenvalue weighted by molar-refractivity contribution is 5.76. The lowest BCUT2D eigenvalue weighted by Gasteiger charge is -2.06. The lowest BCUT2D eigenvalue weighted by atomic mass is 10.1. The third-order valence-electron chi connectivity index (χ3n) is 1.13. The maximum atomic E-state index is 10.8. The van der Waals surface area contributed by atoms with E-state index in [0.717, 1.165) is 6.26 Å². The summed E-state index contributed by atoms with van der Waals surface area (Å²) in [7, 11) is 0. The summed E-state index contributed by atoms with van der Waals surface area (Å²) in [6.07, 6.45) is 1.50. The van der Waals surface area contributed by atoms with Gasteiger partial charge in [0.25, 0.3) is 0 Å². The number of carbonyl (C=O) groups excluding carboxylic acids is 2. The van der Waals surface area contributed by atoms with Gasteiger partial charge in [-0.2, -0.15) is 0 Å². The zero-order valence-corrected chi connectivity index (χ0v) is 6.03. The van der Waals surface area contributed by atoms with Crippen LogP contribution >= 0.6 is 0 Å². The number of hydrogen-bond acceptors (Lipinski definition) is 4. The van der Waals surface area contributed by atoms with Gasteiger partial charge in [-0.05, 0) is 0 Å². The van der Waals surface area contributed by atoms with Crippen LogP contribution in [0.15, 0.2) is 12.8 Å². The average Bonchev–Trinajstić information content (AvgIpc) is 2.00. The summed E-state index contributed by atoms with van der Waals surface area (Å²) < 4.78 is 4.35. The Balaban J connectivity index is 3.90. The molecular weight excluding hydrogens is 148 g/mol. The first-order valence-electron chi connectivity index (χ1n) is 3.12. The number of aliphatic hydroxyl groups is 1. The van der Waals surface area contributed by atoms with Gasteiger partial charge in [-0.25, -0.2) is 0 Å². The number of rotatable bonds is 5. The van der Waals surface area contributed by atoms with Gasteiger partial charge in [-0.1, -0.05) is 6.58 Å². The lowest BCUT2D eigenvalue weighted by molar-refractivity contribution is -0.145. The Kier molecular flexibility index (Phi) is 5.02. The third kappa shape index (κ3) is 3.52. The second kappa shape index (κ2) is 5.61. The van der Waals surface area contributed by atoms with E-state index in [1.807, 2.05) is 0 Å². The molecule has 1 unspecified atom stereocenters. The van der Waals surface area contributed by atoms with Crippen molar-refractivity contribution in [3.05, 3.63) is 12.8 Å². The zero-order valence-electron chi connectivity index (χ0n) is 6.03. The standard InChI is InChI=1S/C7H10O4/c1-2-11-7(10)6(5-9)3-4-8/h2,4,6,9H,1,3,5H2. The highest BCUT2D eigenvalue weighted by Gasteiger charge is 2.17. The maximum Gasteiger partial charge on any atom is 0.316 e. The van der Waals surface area contributed by atoms with Gasteiger partial charge < -0.3 is 14.6 Å². The van der Waals surface area contributed by atoms with Gasteiger partial charge in [0.15, 0.2) is 0 Å². The summed E-state index contributed by atoms with van der Waals surface area (Å²) in [5, 5.41) is 8.56. The molecule has 0 aliphatic rings. The third-order valence-corrected chi connectivity index (χ3v) is 1.13. The molecule has 4 nitrogen and oxygen atoms in total. The molecule has 0 spiro atoms. The normalized spacial score (nSPS) is 11.7. The number of hydrogen-bond donors (Lipinski definition) is 1. The molecule has 0 saturated heterocycles. The molecule has 0 heterocycles. The number of carbonyl (C=O) groups is 2. The summed E-state index contributed by atoms with van der Waals surface area (Å²) >= 11 is 0. The predicted molar refractivity (Wildman–Crippen MR) is 37.5 cm³/mol. The number of esters is 1. The largest absolute Gasteiger partial charge is 0.435 e. The molecular formula is C7H10O4. The van der Waals surface area contributed by atoms with Crippen molar-refractivity contribution in [2.75, 3.05) is 6.61 Å². The fourth-order valence-corrected chi connectivity index (χ4v) is 0.540. The second-order valence-electron chi connectivity index (χ2n) is 1.89. The van der Waals surface area contributed by atoms with Crippen molar-refractivity contribution in [2.24, 2.45) is 5.92 Å². The van der Waals surface area contributed by atoms with Crippen LogP contribution in [0.3, 0.4) is 0 Å². The van der Waals surface area contributed by atoms with Crippen molar-refractivity contribution in [3.8, 4) is 0 Å². The summed E-state index contributed by atoms with van der Waals surface area (Å²) in [6.45, 7) is 2.78. The fourth-order valence-electron chi connectivity index (χ4n) is 0.540. The Bertz CT molecular complexity index is 153. The van der Waals surface area contributed by atoms with E-state index in [1.54, 1.807) is 0 Å². The van der Waals surface area contributed by atoms with E-state index in [1.165, 1.54) is 0 Å². The molecule has 0 bridgehead atoms. The minimum absolute atomic E-state index is 0.0246. The molecule has 0 aliphatic carbocycles. The predicted octanol–water partition coefficient (Wildman–Crippen LogP) is -0.129. The molecule has 1 N–H and O–H groups in total. The Morgan fingerprint density at radius 1 is 1.73 bits per heavy atom. The quantitative estimate of drug-likeness (QED) is 0.344. The maximum absolute atomic E-state index is 10.8. The molecule has 4 heteroatoms. The van der Waals surface area contributed by atoms with Crippen LogP contribution in [-0.2, 0) is 14.3 Å². The molecule has 0 aromatic rings. The molecule has 0 aromatic carbocycles. The van der Waals surface area contributed by atoms with Crippen LogP contribution in [0, 0.1) is 5.92 Å². The summed E-state index contributed by atoms with van der Waals surface area (Å²) in [6, 6.07) is 0. The molecule has 0 aliphatic heterocycles. The number of aliphatic hydroxyl groups excluding tert-OH is 1. The Hall–Kier alpha value is -1.16. The van der Waals surface area contributed by atoms with Crippen LogP contribution in [0.1, 0.15) is 6.42 Å². The Morgan fingerprint density at radius 2 is 2.36 bits per heavy atom. The topological polar surface area (TPSA) is 63.6 Å². The molecule has 0 rings (SSSR count). The molecule has 0 radical (unpaired) electrons. The van der Waals surface area contributed by atoms with Crippen LogP contribution in [0.25, 0.3) is 0 Å². The van der Waals surface area contributed by atoms with Crippen LogP contribution in [0.2, 0.25) is 0 Å². The van der Waals surface area contributed by atoms with Crippen molar-refractivity contribution in [1.82, 2.24) is 0 Å². The van der Waals surface area contributed by atoms with Crippen molar-refractivity contribution in [3.63, 3.8) is 0 Å². The molecule has 0 fully saturated rings. The van der Waals surface area contributed by atoms with Gasteiger partial charge in [0.2, 0.25) is 0 Å². The van der Waals surface area contributed by atoms with E-state index in [9.17, 15) is 9.59 Å². The van der Waals surface area contributed by atoms with E-state index in [0.29, 0.717) is 6.29 Å². The average molecular weight is 158 g/mol. The monoisotopic (exact) mass is 158 g/mol. The minimum Gasteiger partial charge on any atom is -0.435 e. The van der Waals surface area contributed by atoms with E-state index in [2.05, 4.69) is 11.3 Å². The SMILES string of the molecule is C=COC(=O)C(CO)CC=O. The summed E-state index contributed by atoms with van der Waals surface area (Å²) in [4.78, 5) is 20.7. The van der Waals surface area contributed by atoms with Gasteiger partial charge >= 0.3 is 5.97 Å². The summed E-state index contributed by atoms with van der Waals surface area (Å²) in [5.74, 6) is -1.39. The minimum atomic E-state index is -0.759. The van der Waals surface area contributed by atoms with Crippen LogP contribution in [0.5, 0.6) is 0 Å². The van der Waals surface area contributed by atoms with Crippen LogP contribution in [-0.4, -0.2) is 24.0 Å². The van der Waals surface area contributed by atoms with Crippen molar-refractivity contribution in [2.45, 2.75) is 6.42 Å². The molecule has 0 saturated carbocycles. The highest BCUT2D eigenvalue weighted by atomic mass is 16.5. The second-order valence-corrected chi connectivity index (χ2v) is 1.89. The van der Waals surface area contributed by atoms with Crippen molar-refractivity contribution in [1.29, 1.82) is 0 Å².